The number of hydrogen-bond donors (Lipinski definition) is 2. The minimum Gasteiger partial charge on any atom is -0.444 e. The van der Waals surface area contributed by atoms with Crippen molar-refractivity contribution in [3.8, 4) is 22.7 Å². The molecule has 12 heteroatoms. The highest BCUT2D eigenvalue weighted by atomic mass is 32.1. The average molecular weight is 489 g/mol. The number of carbonyl (C=O) groups excluding carboxylic acids is 1. The third-order valence-electron chi connectivity index (χ3n) is 5.55. The summed E-state index contributed by atoms with van der Waals surface area (Å²) in [5.74, 6) is -0.0588. The first-order valence-electron chi connectivity index (χ1n) is 11.0. The Labute approximate surface area is 203 Å². The maximum Gasteiger partial charge on any atom is 0.277 e. The normalized spacial score (nSPS) is 13.9. The molecule has 0 bridgehead atoms. The number of aromatic amines is 1. The molecule has 1 aliphatic heterocycles. The van der Waals surface area contributed by atoms with Crippen molar-refractivity contribution < 1.29 is 13.9 Å². The standard InChI is InChI=1S/C23H20N8O3S/c1-13-8-14(2-3-24-13)22-28-17(12-34-22)21(32)27-16-9-18-20(29-19(16)15-10-25-26-11-15)30-23(35-18)31-4-6-33-7-5-31/h2-3,8-12H,4-7H2,1H3,(H,25,26)(H,27,32). The van der Waals surface area contributed by atoms with Crippen LogP contribution < -0.4 is 10.2 Å². The van der Waals surface area contributed by atoms with Crippen LogP contribution in [0.4, 0.5) is 10.8 Å². The summed E-state index contributed by atoms with van der Waals surface area (Å²) in [6.07, 6.45) is 6.39. The van der Waals surface area contributed by atoms with E-state index in [9.17, 15) is 4.79 Å². The van der Waals surface area contributed by atoms with Gasteiger partial charge in [-0.3, -0.25) is 14.9 Å². The van der Waals surface area contributed by atoms with Gasteiger partial charge in [0.2, 0.25) is 5.89 Å². The number of aromatic nitrogens is 6. The van der Waals surface area contributed by atoms with Crippen LogP contribution in [0, 0.1) is 6.92 Å². The third kappa shape index (κ3) is 4.24. The molecule has 6 rings (SSSR count). The molecule has 0 aromatic carbocycles. The van der Waals surface area contributed by atoms with E-state index in [4.69, 9.17) is 19.1 Å². The lowest BCUT2D eigenvalue weighted by molar-refractivity contribution is 0.102. The van der Waals surface area contributed by atoms with Crippen molar-refractivity contribution in [1.29, 1.82) is 0 Å². The first-order chi connectivity index (χ1) is 17.1. The van der Waals surface area contributed by atoms with Crippen LogP contribution in [0.1, 0.15) is 16.2 Å². The molecule has 0 saturated carbocycles. The summed E-state index contributed by atoms with van der Waals surface area (Å²) < 4.78 is 11.9. The van der Waals surface area contributed by atoms with Crippen molar-refractivity contribution in [2.75, 3.05) is 36.5 Å². The Morgan fingerprint density at radius 3 is 2.86 bits per heavy atom. The van der Waals surface area contributed by atoms with Gasteiger partial charge >= 0.3 is 0 Å². The number of anilines is 2. The van der Waals surface area contributed by atoms with Gasteiger partial charge in [0.25, 0.3) is 5.91 Å². The topological polar surface area (TPSA) is 135 Å². The molecule has 1 aliphatic rings. The van der Waals surface area contributed by atoms with Gasteiger partial charge in [-0.25, -0.2) is 9.97 Å². The summed E-state index contributed by atoms with van der Waals surface area (Å²) in [5, 5.41) is 10.6. The minimum absolute atomic E-state index is 0.158. The number of hydrogen-bond acceptors (Lipinski definition) is 10. The van der Waals surface area contributed by atoms with Crippen molar-refractivity contribution in [2.24, 2.45) is 0 Å². The van der Waals surface area contributed by atoms with Crippen LogP contribution >= 0.6 is 11.3 Å². The van der Waals surface area contributed by atoms with Gasteiger partial charge in [-0.2, -0.15) is 10.1 Å². The SMILES string of the molecule is Cc1cc(-c2nc(C(=O)Nc3cc4sc(N5CCOCC5)nc4nc3-c3cn[nH]c3)co2)ccn1. The number of nitrogens with one attached hydrogen (secondary N) is 2. The van der Waals surface area contributed by atoms with Gasteiger partial charge in [-0.05, 0) is 25.1 Å². The van der Waals surface area contributed by atoms with E-state index in [1.54, 1.807) is 24.7 Å². The fraction of sp³-hybridized carbons (Fsp3) is 0.217. The van der Waals surface area contributed by atoms with E-state index in [1.807, 2.05) is 19.1 Å². The van der Waals surface area contributed by atoms with E-state index in [0.29, 0.717) is 36.1 Å². The maximum atomic E-state index is 13.1. The zero-order valence-electron chi connectivity index (χ0n) is 18.7. The highest BCUT2D eigenvalue weighted by Gasteiger charge is 2.21. The van der Waals surface area contributed by atoms with Gasteiger partial charge in [0.1, 0.15) is 6.26 Å². The zero-order chi connectivity index (χ0) is 23.8. The number of oxazole rings is 1. The minimum atomic E-state index is -0.408. The Balaban J connectivity index is 1.33. The second-order valence-electron chi connectivity index (χ2n) is 7.97. The summed E-state index contributed by atoms with van der Waals surface area (Å²) in [4.78, 5) is 33.3. The average Bonchev–Trinajstić information content (AvgIpc) is 3.65. The molecule has 176 valence electrons. The molecule has 0 radical (unpaired) electrons. The highest BCUT2D eigenvalue weighted by molar-refractivity contribution is 7.22. The Hall–Kier alpha value is -4.16. The monoisotopic (exact) mass is 488 g/mol. The number of aryl methyl sites for hydroxylation is 1. The van der Waals surface area contributed by atoms with Gasteiger partial charge in [-0.15, -0.1) is 0 Å². The predicted molar refractivity (Wildman–Crippen MR) is 130 cm³/mol. The zero-order valence-corrected chi connectivity index (χ0v) is 19.5. The van der Waals surface area contributed by atoms with Crippen LogP contribution in [0.15, 0.2) is 47.5 Å². The first-order valence-corrected chi connectivity index (χ1v) is 11.8. The smallest absolute Gasteiger partial charge is 0.277 e. The van der Waals surface area contributed by atoms with Gasteiger partial charge < -0.3 is 19.4 Å². The van der Waals surface area contributed by atoms with Crippen molar-refractivity contribution in [3.63, 3.8) is 0 Å². The number of rotatable bonds is 5. The second kappa shape index (κ2) is 8.89. The van der Waals surface area contributed by atoms with Crippen molar-refractivity contribution in [3.05, 3.63) is 54.4 Å². The fourth-order valence-corrected chi connectivity index (χ4v) is 4.81. The number of carbonyl (C=O) groups is 1. The summed E-state index contributed by atoms with van der Waals surface area (Å²) >= 11 is 1.53. The Morgan fingerprint density at radius 1 is 1.17 bits per heavy atom. The molecular weight excluding hydrogens is 468 g/mol. The summed E-state index contributed by atoms with van der Waals surface area (Å²) in [5.41, 5.74) is 4.18. The summed E-state index contributed by atoms with van der Waals surface area (Å²) in [7, 11) is 0. The van der Waals surface area contributed by atoms with Crippen LogP contribution in [0.5, 0.6) is 0 Å². The van der Waals surface area contributed by atoms with Gasteiger partial charge in [0.15, 0.2) is 16.5 Å². The van der Waals surface area contributed by atoms with E-state index >= 15 is 0 Å². The molecule has 0 spiro atoms. The predicted octanol–water partition coefficient (Wildman–Crippen LogP) is 3.53. The molecule has 2 N–H and O–H groups in total. The van der Waals surface area contributed by atoms with E-state index in [2.05, 4.69) is 30.4 Å². The largest absolute Gasteiger partial charge is 0.444 e. The Kier molecular flexibility index (Phi) is 5.43. The van der Waals surface area contributed by atoms with Crippen molar-refractivity contribution >= 4 is 38.4 Å². The molecule has 1 amide bonds. The lowest BCUT2D eigenvalue weighted by Crippen LogP contribution is -2.36. The molecule has 1 saturated heterocycles. The third-order valence-corrected chi connectivity index (χ3v) is 6.61. The highest BCUT2D eigenvalue weighted by Crippen LogP contribution is 2.35. The van der Waals surface area contributed by atoms with Gasteiger partial charge in [-0.1, -0.05) is 11.3 Å². The van der Waals surface area contributed by atoms with E-state index < -0.39 is 5.91 Å². The number of pyridine rings is 2. The molecule has 35 heavy (non-hydrogen) atoms. The van der Waals surface area contributed by atoms with Crippen LogP contribution in [0.25, 0.3) is 33.1 Å². The second-order valence-corrected chi connectivity index (χ2v) is 8.98. The van der Waals surface area contributed by atoms with Crippen LogP contribution in [-0.2, 0) is 4.74 Å². The number of fused-ring (bicyclic) bond motifs is 1. The molecule has 6 heterocycles. The van der Waals surface area contributed by atoms with E-state index in [0.717, 1.165) is 39.7 Å². The molecule has 0 unspecified atom stereocenters. The van der Waals surface area contributed by atoms with Crippen molar-refractivity contribution in [1.82, 2.24) is 30.1 Å². The number of amides is 1. The lowest BCUT2D eigenvalue weighted by atomic mass is 10.2. The number of nitrogens with zero attached hydrogens (tertiary/aromatic N) is 6. The number of thiazole rings is 1. The first kappa shape index (κ1) is 21.4. The molecule has 1 fully saturated rings. The summed E-state index contributed by atoms with van der Waals surface area (Å²) in [6, 6.07) is 5.51. The lowest BCUT2D eigenvalue weighted by Gasteiger charge is -2.25. The molecular formula is C23H20N8O3S. The van der Waals surface area contributed by atoms with Crippen LogP contribution in [0.3, 0.4) is 0 Å². The number of ether oxygens (including phenoxy) is 1. The van der Waals surface area contributed by atoms with Crippen LogP contribution in [-0.4, -0.2) is 62.3 Å². The van der Waals surface area contributed by atoms with E-state index in [1.165, 1.54) is 17.6 Å². The summed E-state index contributed by atoms with van der Waals surface area (Å²) in [6.45, 7) is 4.78. The van der Waals surface area contributed by atoms with Crippen LogP contribution in [0.2, 0.25) is 0 Å². The van der Waals surface area contributed by atoms with E-state index in [-0.39, 0.29) is 5.69 Å². The quantitative estimate of drug-likeness (QED) is 0.381. The molecule has 5 aromatic heterocycles. The molecule has 0 atom stereocenters. The maximum absolute atomic E-state index is 13.1. The van der Waals surface area contributed by atoms with Gasteiger partial charge in [0, 0.05) is 42.3 Å². The van der Waals surface area contributed by atoms with Gasteiger partial charge in [0.05, 0.1) is 35.5 Å². The van der Waals surface area contributed by atoms with Crippen molar-refractivity contribution in [2.45, 2.75) is 6.92 Å². The molecule has 0 aliphatic carbocycles. The Bertz CT molecular complexity index is 1500. The molecule has 11 nitrogen and oxygen atoms in total. The fourth-order valence-electron chi connectivity index (χ4n) is 3.81. The number of morpholine rings is 1. The molecule has 5 aromatic rings. The Morgan fingerprint density at radius 2 is 2.06 bits per heavy atom. The number of H-pyrrole nitrogens is 1.